The van der Waals surface area contributed by atoms with Gasteiger partial charge in [0, 0.05) is 18.8 Å². The molecule has 1 amide bonds. The van der Waals surface area contributed by atoms with Gasteiger partial charge in [-0.15, -0.1) is 0 Å². The molecule has 1 aromatic carbocycles. The maximum atomic E-state index is 12.4. The highest BCUT2D eigenvalue weighted by atomic mass is 16.5. The van der Waals surface area contributed by atoms with Gasteiger partial charge in [0.25, 0.3) is 0 Å². The van der Waals surface area contributed by atoms with Gasteiger partial charge in [0.15, 0.2) is 0 Å². The van der Waals surface area contributed by atoms with Gasteiger partial charge >= 0.3 is 5.97 Å². The number of rotatable bonds is 4. The number of amides is 1. The molecule has 0 aromatic heterocycles. The number of benzene rings is 1. The van der Waals surface area contributed by atoms with Crippen LogP contribution >= 0.6 is 0 Å². The van der Waals surface area contributed by atoms with E-state index in [1.165, 1.54) is 19.3 Å². The van der Waals surface area contributed by atoms with Crippen molar-refractivity contribution in [2.45, 2.75) is 44.6 Å². The molecule has 2 saturated carbocycles. The molecule has 134 valence electrons. The third-order valence-electron chi connectivity index (χ3n) is 6.22. The third-order valence-corrected chi connectivity index (χ3v) is 6.22. The van der Waals surface area contributed by atoms with Gasteiger partial charge in [0.2, 0.25) is 5.91 Å². The van der Waals surface area contributed by atoms with Crippen LogP contribution in [0, 0.1) is 17.8 Å². The van der Waals surface area contributed by atoms with Crippen molar-refractivity contribution in [3.8, 4) is 0 Å². The first-order chi connectivity index (χ1) is 12.1. The molecular weight excluding hydrogens is 316 g/mol. The van der Waals surface area contributed by atoms with E-state index >= 15 is 0 Å². The lowest BCUT2D eigenvalue weighted by Crippen LogP contribution is -2.41. The Labute approximate surface area is 148 Å². The molecule has 2 N–H and O–H groups in total. The van der Waals surface area contributed by atoms with Crippen LogP contribution in [0.5, 0.6) is 0 Å². The lowest BCUT2D eigenvalue weighted by Gasteiger charge is -2.33. The minimum Gasteiger partial charge on any atom is -0.458 e. The maximum absolute atomic E-state index is 12.4. The Morgan fingerprint density at radius 1 is 1.08 bits per heavy atom. The van der Waals surface area contributed by atoms with Crippen LogP contribution in [0.4, 0.5) is 5.69 Å². The first-order valence-electron chi connectivity index (χ1n) is 9.45. The molecule has 2 bridgehead atoms. The van der Waals surface area contributed by atoms with E-state index in [0.29, 0.717) is 18.0 Å². The predicted octanol–water partition coefficient (Wildman–Crippen LogP) is 2.73. The predicted molar refractivity (Wildman–Crippen MR) is 95.2 cm³/mol. The highest BCUT2D eigenvalue weighted by Crippen LogP contribution is 2.46. The van der Waals surface area contributed by atoms with Crippen LogP contribution in [0.15, 0.2) is 24.3 Å². The Bertz CT molecular complexity index is 657. The molecule has 0 radical (unpaired) electrons. The fourth-order valence-corrected chi connectivity index (χ4v) is 4.79. The van der Waals surface area contributed by atoms with Crippen LogP contribution in [0.1, 0.15) is 48.9 Å². The quantitative estimate of drug-likeness (QED) is 0.854. The summed E-state index contributed by atoms with van der Waals surface area (Å²) in [6, 6.07) is 7.55. The summed E-state index contributed by atoms with van der Waals surface area (Å²) in [5.74, 6) is 0.819. The number of piperidine rings is 1. The van der Waals surface area contributed by atoms with Crippen molar-refractivity contribution in [1.29, 1.82) is 0 Å². The van der Waals surface area contributed by atoms with E-state index in [-0.39, 0.29) is 23.9 Å². The Morgan fingerprint density at radius 2 is 1.88 bits per heavy atom. The van der Waals surface area contributed by atoms with Gasteiger partial charge < -0.3 is 15.4 Å². The average Bonchev–Trinajstić information content (AvgIpc) is 3.25. The number of anilines is 1. The van der Waals surface area contributed by atoms with Gasteiger partial charge in [-0.25, -0.2) is 4.79 Å². The fraction of sp³-hybridized carbons (Fsp3) is 0.600. The SMILES string of the molecule is NC(=O)[C@@H]1CCCN(c2ccc(C(=O)O[C@@H]3C[C@H]4CC[C@H]3C4)cc2)C1. The van der Waals surface area contributed by atoms with Crippen LogP contribution in [0.3, 0.4) is 0 Å². The first-order valence-corrected chi connectivity index (χ1v) is 9.45. The number of nitrogens with zero attached hydrogens (tertiary/aromatic N) is 1. The van der Waals surface area contributed by atoms with Crippen LogP contribution in [-0.2, 0) is 9.53 Å². The molecule has 1 aliphatic heterocycles. The Morgan fingerprint density at radius 3 is 2.52 bits per heavy atom. The molecule has 2 aliphatic carbocycles. The zero-order valence-electron chi connectivity index (χ0n) is 14.5. The topological polar surface area (TPSA) is 72.6 Å². The maximum Gasteiger partial charge on any atom is 0.338 e. The minimum atomic E-state index is -0.226. The summed E-state index contributed by atoms with van der Waals surface area (Å²) in [7, 11) is 0. The van der Waals surface area contributed by atoms with Crippen LogP contribution in [0.25, 0.3) is 0 Å². The number of carbonyl (C=O) groups excluding carboxylic acids is 2. The molecule has 5 heteroatoms. The second-order valence-corrected chi connectivity index (χ2v) is 7.85. The molecule has 0 unspecified atom stereocenters. The molecular formula is C20H26N2O3. The van der Waals surface area contributed by atoms with E-state index < -0.39 is 0 Å². The highest BCUT2D eigenvalue weighted by molar-refractivity contribution is 5.90. The lowest BCUT2D eigenvalue weighted by molar-refractivity contribution is -0.122. The number of primary amides is 1. The van der Waals surface area contributed by atoms with Gasteiger partial charge in [-0.3, -0.25) is 4.79 Å². The van der Waals surface area contributed by atoms with Gasteiger partial charge in [-0.2, -0.15) is 0 Å². The summed E-state index contributed by atoms with van der Waals surface area (Å²) in [5, 5.41) is 0. The summed E-state index contributed by atoms with van der Waals surface area (Å²) in [4.78, 5) is 26.0. The number of esters is 1. The standard InChI is InChI=1S/C20H26N2O3/c21-19(23)16-2-1-9-22(12-16)17-7-5-14(6-8-17)20(24)25-18-11-13-3-4-15(18)10-13/h5-8,13,15-16,18H,1-4,9-12H2,(H2,21,23)/t13-,15-,16+,18+/m0/s1. The number of fused-ring (bicyclic) bond motifs is 2. The molecule has 3 aliphatic rings. The van der Waals surface area contributed by atoms with Gasteiger partial charge in [0.1, 0.15) is 6.10 Å². The minimum absolute atomic E-state index is 0.0869. The Balaban J connectivity index is 1.38. The van der Waals surface area contributed by atoms with Crippen molar-refractivity contribution in [3.05, 3.63) is 29.8 Å². The summed E-state index contributed by atoms with van der Waals surface area (Å²) in [6.45, 7) is 1.57. The molecule has 5 nitrogen and oxygen atoms in total. The zero-order chi connectivity index (χ0) is 17.4. The number of nitrogens with two attached hydrogens (primary N) is 1. The summed E-state index contributed by atoms with van der Waals surface area (Å²) < 4.78 is 5.75. The first kappa shape index (κ1) is 16.4. The van der Waals surface area contributed by atoms with Crippen LogP contribution < -0.4 is 10.6 Å². The monoisotopic (exact) mass is 342 g/mol. The van der Waals surface area contributed by atoms with E-state index in [9.17, 15) is 9.59 Å². The summed E-state index contributed by atoms with van der Waals surface area (Å²) in [6.07, 6.45) is 6.71. The van der Waals surface area contributed by atoms with Crippen LogP contribution in [-0.4, -0.2) is 31.1 Å². The summed E-state index contributed by atoms with van der Waals surface area (Å²) >= 11 is 0. The van der Waals surface area contributed by atoms with E-state index in [0.717, 1.165) is 37.4 Å². The molecule has 4 rings (SSSR count). The second kappa shape index (κ2) is 6.70. The van der Waals surface area contributed by atoms with Gasteiger partial charge in [0.05, 0.1) is 11.5 Å². The van der Waals surface area contributed by atoms with E-state index in [1.807, 2.05) is 24.3 Å². The molecule has 1 saturated heterocycles. The molecule has 25 heavy (non-hydrogen) atoms. The molecule has 3 fully saturated rings. The van der Waals surface area contributed by atoms with E-state index in [2.05, 4.69) is 4.90 Å². The molecule has 1 heterocycles. The van der Waals surface area contributed by atoms with E-state index in [1.54, 1.807) is 0 Å². The van der Waals surface area contributed by atoms with Crippen molar-refractivity contribution in [2.24, 2.45) is 23.5 Å². The van der Waals surface area contributed by atoms with Crippen molar-refractivity contribution in [1.82, 2.24) is 0 Å². The smallest absolute Gasteiger partial charge is 0.338 e. The van der Waals surface area contributed by atoms with Crippen LogP contribution in [0.2, 0.25) is 0 Å². The van der Waals surface area contributed by atoms with Crippen molar-refractivity contribution in [2.75, 3.05) is 18.0 Å². The Hall–Kier alpha value is -2.04. The second-order valence-electron chi connectivity index (χ2n) is 7.85. The normalized spacial score (nSPS) is 31.1. The van der Waals surface area contributed by atoms with Crippen molar-refractivity contribution in [3.63, 3.8) is 0 Å². The number of hydrogen-bond acceptors (Lipinski definition) is 4. The lowest BCUT2D eigenvalue weighted by atomic mass is 9.97. The fourth-order valence-electron chi connectivity index (χ4n) is 4.79. The Kier molecular flexibility index (Phi) is 4.40. The third kappa shape index (κ3) is 3.37. The van der Waals surface area contributed by atoms with Crippen molar-refractivity contribution >= 4 is 17.6 Å². The number of ether oxygens (including phenoxy) is 1. The van der Waals surface area contributed by atoms with Gasteiger partial charge in [-0.05, 0) is 74.6 Å². The van der Waals surface area contributed by atoms with E-state index in [4.69, 9.17) is 10.5 Å². The zero-order valence-corrected chi connectivity index (χ0v) is 14.5. The van der Waals surface area contributed by atoms with Gasteiger partial charge in [-0.1, -0.05) is 0 Å². The number of carbonyl (C=O) groups is 2. The molecule has 0 spiro atoms. The molecule has 1 aromatic rings. The number of hydrogen-bond donors (Lipinski definition) is 1. The molecule has 4 atom stereocenters. The largest absolute Gasteiger partial charge is 0.458 e. The van der Waals surface area contributed by atoms with Crippen molar-refractivity contribution < 1.29 is 14.3 Å². The highest BCUT2D eigenvalue weighted by Gasteiger charge is 2.41. The summed E-state index contributed by atoms with van der Waals surface area (Å²) in [5.41, 5.74) is 7.08. The average molecular weight is 342 g/mol.